The fourth-order valence-corrected chi connectivity index (χ4v) is 1.92. The van der Waals surface area contributed by atoms with Crippen LogP contribution in [0.3, 0.4) is 0 Å². The Kier molecular flexibility index (Phi) is 1.72. The van der Waals surface area contributed by atoms with Gasteiger partial charge in [-0.05, 0) is 38.1 Å². The van der Waals surface area contributed by atoms with Crippen LogP contribution in [-0.2, 0) is 0 Å². The molecule has 0 spiro atoms. The molecular weight excluding hydrogens is 204 g/mol. The van der Waals surface area contributed by atoms with E-state index in [1.165, 1.54) is 0 Å². The van der Waals surface area contributed by atoms with Crippen molar-refractivity contribution in [1.29, 1.82) is 0 Å². The van der Waals surface area contributed by atoms with Crippen LogP contribution >= 0.6 is 0 Å². The monoisotopic (exact) mass is 214 g/mol. The van der Waals surface area contributed by atoms with Gasteiger partial charge < -0.3 is 8.83 Å². The highest BCUT2D eigenvalue weighted by atomic mass is 16.4. The lowest BCUT2D eigenvalue weighted by Gasteiger charge is -1.98. The topological polar surface area (TPSA) is 43.4 Å². The van der Waals surface area contributed by atoms with Crippen molar-refractivity contribution < 1.29 is 8.83 Å². The van der Waals surface area contributed by atoms with Crippen molar-refractivity contribution in [2.45, 2.75) is 13.8 Å². The van der Waals surface area contributed by atoms with Gasteiger partial charge in [-0.15, -0.1) is 0 Å². The van der Waals surface area contributed by atoms with E-state index in [2.05, 4.69) is 0 Å². The number of benzene rings is 1. The van der Waals surface area contributed by atoms with Crippen molar-refractivity contribution in [2.75, 3.05) is 0 Å². The molecule has 16 heavy (non-hydrogen) atoms. The van der Waals surface area contributed by atoms with Gasteiger partial charge in [0.05, 0.1) is 5.39 Å². The molecule has 0 N–H and O–H groups in total. The fourth-order valence-electron chi connectivity index (χ4n) is 1.92. The maximum absolute atomic E-state index is 11.5. The Hall–Kier alpha value is -2.03. The normalized spacial score (nSPS) is 11.4. The molecule has 3 rings (SSSR count). The number of furan rings is 1. The highest BCUT2D eigenvalue weighted by Crippen LogP contribution is 2.27. The Morgan fingerprint density at radius 3 is 2.69 bits per heavy atom. The van der Waals surface area contributed by atoms with Crippen LogP contribution < -0.4 is 5.63 Å². The number of hydrogen-bond acceptors (Lipinski definition) is 3. The summed E-state index contributed by atoms with van der Waals surface area (Å²) in [6, 6.07) is 7.51. The minimum absolute atomic E-state index is 0.293. The quantitative estimate of drug-likeness (QED) is 0.540. The van der Waals surface area contributed by atoms with Crippen molar-refractivity contribution in [3.05, 3.63) is 46.0 Å². The second kappa shape index (κ2) is 2.98. The van der Waals surface area contributed by atoms with Crippen LogP contribution in [0.4, 0.5) is 0 Å². The van der Waals surface area contributed by atoms with Gasteiger partial charge in [0.2, 0.25) is 0 Å². The predicted molar refractivity (Wildman–Crippen MR) is 61.7 cm³/mol. The van der Waals surface area contributed by atoms with E-state index in [1.54, 1.807) is 6.92 Å². The Balaban J connectivity index is 2.59. The maximum atomic E-state index is 11.5. The summed E-state index contributed by atoms with van der Waals surface area (Å²) in [5.74, 6) is 0.811. The third kappa shape index (κ3) is 1.18. The summed E-state index contributed by atoms with van der Waals surface area (Å²) >= 11 is 0. The van der Waals surface area contributed by atoms with E-state index in [0.29, 0.717) is 11.1 Å². The first-order chi connectivity index (χ1) is 7.65. The summed E-state index contributed by atoms with van der Waals surface area (Å²) in [4.78, 5) is 11.5. The molecule has 0 saturated heterocycles. The van der Waals surface area contributed by atoms with E-state index in [-0.39, 0.29) is 5.63 Å². The minimum atomic E-state index is -0.293. The van der Waals surface area contributed by atoms with E-state index in [4.69, 9.17) is 8.83 Å². The highest BCUT2D eigenvalue weighted by molar-refractivity contribution is 6.02. The van der Waals surface area contributed by atoms with E-state index < -0.39 is 0 Å². The molecule has 0 aliphatic carbocycles. The highest BCUT2D eigenvalue weighted by Gasteiger charge is 2.08. The minimum Gasteiger partial charge on any atom is -0.461 e. The van der Waals surface area contributed by atoms with Gasteiger partial charge in [0.1, 0.15) is 16.9 Å². The SMILES string of the molecule is Cc1cc2c(ccc3cc(C)c(=O)oc32)o1. The molecule has 1 aromatic carbocycles. The van der Waals surface area contributed by atoms with E-state index in [0.717, 1.165) is 22.1 Å². The molecule has 0 atom stereocenters. The molecule has 3 heteroatoms. The molecule has 80 valence electrons. The zero-order chi connectivity index (χ0) is 11.3. The molecule has 2 heterocycles. The average Bonchev–Trinajstić information content (AvgIpc) is 2.61. The average molecular weight is 214 g/mol. The molecule has 0 aliphatic heterocycles. The second-order valence-corrected chi connectivity index (χ2v) is 3.97. The zero-order valence-corrected chi connectivity index (χ0v) is 9.03. The van der Waals surface area contributed by atoms with Gasteiger partial charge in [-0.2, -0.15) is 0 Å². The Labute approximate surface area is 91.3 Å². The van der Waals surface area contributed by atoms with Crippen LogP contribution in [0.25, 0.3) is 21.9 Å². The molecule has 0 saturated carbocycles. The van der Waals surface area contributed by atoms with Crippen molar-refractivity contribution in [1.82, 2.24) is 0 Å². The largest absolute Gasteiger partial charge is 0.461 e. The molecule has 0 amide bonds. The van der Waals surface area contributed by atoms with Gasteiger partial charge in [-0.25, -0.2) is 4.79 Å². The van der Waals surface area contributed by atoms with Crippen molar-refractivity contribution in [2.24, 2.45) is 0 Å². The van der Waals surface area contributed by atoms with E-state index in [9.17, 15) is 4.79 Å². The van der Waals surface area contributed by atoms with Crippen LogP contribution in [0.2, 0.25) is 0 Å². The lowest BCUT2D eigenvalue weighted by atomic mass is 10.1. The summed E-state index contributed by atoms with van der Waals surface area (Å²) in [6.07, 6.45) is 0. The summed E-state index contributed by atoms with van der Waals surface area (Å²) in [5.41, 5.74) is 1.67. The molecule has 3 nitrogen and oxygen atoms in total. The molecule has 3 aromatic rings. The van der Waals surface area contributed by atoms with Crippen LogP contribution in [-0.4, -0.2) is 0 Å². The Morgan fingerprint density at radius 2 is 1.88 bits per heavy atom. The summed E-state index contributed by atoms with van der Waals surface area (Å²) in [5, 5.41) is 1.78. The number of rotatable bonds is 0. The van der Waals surface area contributed by atoms with Gasteiger partial charge >= 0.3 is 5.63 Å². The molecule has 0 fully saturated rings. The molecule has 0 aliphatic rings. The van der Waals surface area contributed by atoms with Gasteiger partial charge in [0, 0.05) is 10.9 Å². The molecule has 2 aromatic heterocycles. The van der Waals surface area contributed by atoms with Crippen LogP contribution in [0.15, 0.2) is 37.9 Å². The summed E-state index contributed by atoms with van der Waals surface area (Å²) < 4.78 is 10.8. The lowest BCUT2D eigenvalue weighted by Crippen LogP contribution is -2.01. The first kappa shape index (κ1) is 9.21. The maximum Gasteiger partial charge on any atom is 0.339 e. The fraction of sp³-hybridized carbons (Fsp3) is 0.154. The predicted octanol–water partition coefficient (Wildman–Crippen LogP) is 3.16. The van der Waals surface area contributed by atoms with Gasteiger partial charge in [0.25, 0.3) is 0 Å². The first-order valence-corrected chi connectivity index (χ1v) is 5.09. The van der Waals surface area contributed by atoms with Crippen LogP contribution in [0.1, 0.15) is 11.3 Å². The van der Waals surface area contributed by atoms with Gasteiger partial charge in [-0.3, -0.25) is 0 Å². The summed E-state index contributed by atoms with van der Waals surface area (Å²) in [7, 11) is 0. The molecular formula is C13H10O3. The Bertz CT molecular complexity index is 747. The molecule has 0 unspecified atom stereocenters. The Morgan fingerprint density at radius 1 is 1.06 bits per heavy atom. The second-order valence-electron chi connectivity index (χ2n) is 3.97. The molecule has 0 radical (unpaired) electrons. The van der Waals surface area contributed by atoms with Gasteiger partial charge in [-0.1, -0.05) is 0 Å². The zero-order valence-electron chi connectivity index (χ0n) is 9.03. The van der Waals surface area contributed by atoms with Crippen molar-refractivity contribution in [3.63, 3.8) is 0 Å². The number of fused-ring (bicyclic) bond motifs is 3. The van der Waals surface area contributed by atoms with E-state index >= 15 is 0 Å². The summed E-state index contributed by atoms with van der Waals surface area (Å²) in [6.45, 7) is 3.62. The lowest BCUT2D eigenvalue weighted by molar-refractivity contribution is 0.557. The van der Waals surface area contributed by atoms with Crippen LogP contribution in [0, 0.1) is 13.8 Å². The standard InChI is InChI=1S/C13H10O3/c1-7-5-9-3-4-11-10(6-8(2)15-11)12(9)16-13(7)14/h3-6H,1-2H3. The number of hydrogen-bond donors (Lipinski definition) is 0. The van der Waals surface area contributed by atoms with Crippen LogP contribution in [0.5, 0.6) is 0 Å². The van der Waals surface area contributed by atoms with Crippen molar-refractivity contribution in [3.8, 4) is 0 Å². The third-order valence-electron chi connectivity index (χ3n) is 2.69. The first-order valence-electron chi connectivity index (χ1n) is 5.09. The van der Waals surface area contributed by atoms with E-state index in [1.807, 2.05) is 31.2 Å². The van der Waals surface area contributed by atoms with Crippen molar-refractivity contribution >= 4 is 21.9 Å². The van der Waals surface area contributed by atoms with Gasteiger partial charge in [0.15, 0.2) is 0 Å². The number of aryl methyl sites for hydroxylation is 2. The smallest absolute Gasteiger partial charge is 0.339 e. The third-order valence-corrected chi connectivity index (χ3v) is 2.69. The molecule has 0 bridgehead atoms.